The fourth-order valence-corrected chi connectivity index (χ4v) is 0.963. The zero-order chi connectivity index (χ0) is 10.7. The molecule has 0 N–H and O–H groups in total. The first kappa shape index (κ1) is 10.1. The number of benzene rings is 1. The second kappa shape index (κ2) is 3.83. The lowest BCUT2D eigenvalue weighted by molar-refractivity contribution is -0.387. The third-order valence-electron chi connectivity index (χ3n) is 1.61. The zero-order valence-corrected chi connectivity index (χ0v) is 6.96. The van der Waals surface area contributed by atoms with Crippen LogP contribution in [0.5, 0.6) is 0 Å². The minimum absolute atomic E-state index is 0.0596. The second-order valence-electron chi connectivity index (χ2n) is 2.53. The van der Waals surface area contributed by atoms with Crippen molar-refractivity contribution in [3.05, 3.63) is 39.4 Å². The van der Waals surface area contributed by atoms with E-state index in [0.717, 1.165) is 6.07 Å². The topological polar surface area (TPSA) is 43.1 Å². The van der Waals surface area contributed by atoms with Crippen LogP contribution < -0.4 is 0 Å². The summed E-state index contributed by atoms with van der Waals surface area (Å²) in [5.41, 5.74) is -0.945. The van der Waals surface area contributed by atoms with Crippen LogP contribution in [-0.2, 0) is 6.42 Å². The van der Waals surface area contributed by atoms with Crippen LogP contribution in [0.3, 0.4) is 0 Å². The number of nitrogens with zero attached hydrogens (tertiary/aromatic N) is 1. The lowest BCUT2D eigenvalue weighted by Crippen LogP contribution is -1.97. The van der Waals surface area contributed by atoms with Gasteiger partial charge in [0.25, 0.3) is 0 Å². The van der Waals surface area contributed by atoms with Crippen molar-refractivity contribution in [3.8, 4) is 12.3 Å². The van der Waals surface area contributed by atoms with Crippen molar-refractivity contribution >= 4 is 5.69 Å². The molecule has 0 amide bonds. The molecule has 0 aliphatic carbocycles. The predicted molar refractivity (Wildman–Crippen MR) is 45.5 cm³/mol. The van der Waals surface area contributed by atoms with E-state index in [0.29, 0.717) is 6.07 Å². The molecule has 1 rings (SSSR count). The lowest BCUT2D eigenvalue weighted by atomic mass is 10.1. The number of terminal acetylenes is 1. The maximum atomic E-state index is 13.0. The molecule has 0 aliphatic heterocycles. The number of hydrogen-bond acceptors (Lipinski definition) is 2. The summed E-state index contributed by atoms with van der Waals surface area (Å²) in [7, 11) is 0. The number of rotatable bonds is 2. The molecule has 0 aliphatic rings. The van der Waals surface area contributed by atoms with Crippen LogP contribution in [0, 0.1) is 34.1 Å². The van der Waals surface area contributed by atoms with Gasteiger partial charge in [-0.2, -0.15) is 4.39 Å². The van der Waals surface area contributed by atoms with Crippen molar-refractivity contribution < 1.29 is 13.7 Å². The van der Waals surface area contributed by atoms with Gasteiger partial charge in [-0.1, -0.05) is 0 Å². The van der Waals surface area contributed by atoms with E-state index in [1.807, 2.05) is 0 Å². The summed E-state index contributed by atoms with van der Waals surface area (Å²) in [4.78, 5) is 9.21. The standard InChI is InChI=1S/C9H5F2NO2/c1-2-3-6-4-8(11)9(12(13)14)5-7(6)10/h1,4-5H,3H2. The van der Waals surface area contributed by atoms with Crippen LogP contribution in [0.1, 0.15) is 5.56 Å². The van der Waals surface area contributed by atoms with E-state index in [9.17, 15) is 18.9 Å². The Hall–Kier alpha value is -1.96. The van der Waals surface area contributed by atoms with E-state index in [2.05, 4.69) is 5.92 Å². The molecule has 5 heteroatoms. The number of hydrogen-bond donors (Lipinski definition) is 0. The van der Waals surface area contributed by atoms with Gasteiger partial charge in [0.15, 0.2) is 0 Å². The zero-order valence-electron chi connectivity index (χ0n) is 6.96. The maximum absolute atomic E-state index is 13.0. The first-order chi connectivity index (χ1) is 6.56. The van der Waals surface area contributed by atoms with Crippen LogP contribution in [-0.4, -0.2) is 4.92 Å². The Balaban J connectivity index is 3.25. The van der Waals surface area contributed by atoms with Crippen LogP contribution in [0.15, 0.2) is 12.1 Å². The molecule has 14 heavy (non-hydrogen) atoms. The molecule has 0 saturated carbocycles. The molecule has 0 heterocycles. The third-order valence-corrected chi connectivity index (χ3v) is 1.61. The average Bonchev–Trinajstić information content (AvgIpc) is 2.10. The Labute approximate surface area is 78.5 Å². The molecule has 0 radical (unpaired) electrons. The molecule has 3 nitrogen and oxygen atoms in total. The normalized spacial score (nSPS) is 9.50. The third kappa shape index (κ3) is 1.85. The molecule has 0 aromatic heterocycles. The Morgan fingerprint density at radius 3 is 2.57 bits per heavy atom. The van der Waals surface area contributed by atoms with E-state index in [-0.39, 0.29) is 12.0 Å². The lowest BCUT2D eigenvalue weighted by Gasteiger charge is -1.99. The summed E-state index contributed by atoms with van der Waals surface area (Å²) in [6.45, 7) is 0. The molecule has 0 bridgehead atoms. The highest BCUT2D eigenvalue weighted by molar-refractivity contribution is 5.37. The molecule has 1 aromatic carbocycles. The van der Waals surface area contributed by atoms with Gasteiger partial charge in [-0.05, 0) is 6.07 Å². The number of nitro benzene ring substituents is 1. The smallest absolute Gasteiger partial charge is 0.258 e. The van der Waals surface area contributed by atoms with Gasteiger partial charge < -0.3 is 0 Å². The van der Waals surface area contributed by atoms with Gasteiger partial charge >= 0.3 is 5.69 Å². The van der Waals surface area contributed by atoms with Gasteiger partial charge in [0.05, 0.1) is 11.0 Å². The summed E-state index contributed by atoms with van der Waals surface area (Å²) in [5, 5.41) is 10.2. The van der Waals surface area contributed by atoms with Gasteiger partial charge in [-0.15, -0.1) is 12.3 Å². The highest BCUT2D eigenvalue weighted by atomic mass is 19.1. The van der Waals surface area contributed by atoms with Crippen LogP contribution >= 0.6 is 0 Å². The Kier molecular flexibility index (Phi) is 2.77. The van der Waals surface area contributed by atoms with Crippen molar-refractivity contribution in [1.29, 1.82) is 0 Å². The summed E-state index contributed by atoms with van der Waals surface area (Å²) >= 11 is 0. The van der Waals surface area contributed by atoms with E-state index in [1.165, 1.54) is 0 Å². The molecule has 1 aromatic rings. The van der Waals surface area contributed by atoms with Crippen molar-refractivity contribution in [3.63, 3.8) is 0 Å². The summed E-state index contributed by atoms with van der Waals surface area (Å²) in [6, 6.07) is 1.27. The predicted octanol–water partition coefficient (Wildman–Crippen LogP) is 2.05. The minimum atomic E-state index is -1.08. The van der Waals surface area contributed by atoms with Gasteiger partial charge in [0, 0.05) is 12.0 Å². The maximum Gasteiger partial charge on any atom is 0.307 e. The van der Waals surface area contributed by atoms with E-state index in [4.69, 9.17) is 6.42 Å². The Bertz CT molecular complexity index is 424. The number of nitro groups is 1. The van der Waals surface area contributed by atoms with Crippen LogP contribution in [0.25, 0.3) is 0 Å². The minimum Gasteiger partial charge on any atom is -0.258 e. The number of halogens is 2. The van der Waals surface area contributed by atoms with Gasteiger partial charge in [0.2, 0.25) is 5.82 Å². The van der Waals surface area contributed by atoms with E-state index < -0.39 is 22.2 Å². The van der Waals surface area contributed by atoms with Gasteiger partial charge in [-0.25, -0.2) is 4.39 Å². The van der Waals surface area contributed by atoms with Crippen LogP contribution in [0.4, 0.5) is 14.5 Å². The SMILES string of the molecule is C#CCc1cc(F)c([N+](=O)[O-])cc1F. The largest absolute Gasteiger partial charge is 0.307 e. The van der Waals surface area contributed by atoms with Crippen molar-refractivity contribution in [2.24, 2.45) is 0 Å². The highest BCUT2D eigenvalue weighted by Gasteiger charge is 2.17. The van der Waals surface area contributed by atoms with Gasteiger partial charge in [0.1, 0.15) is 5.82 Å². The quantitative estimate of drug-likeness (QED) is 0.413. The average molecular weight is 197 g/mol. The fraction of sp³-hybridized carbons (Fsp3) is 0.111. The van der Waals surface area contributed by atoms with E-state index in [1.54, 1.807) is 0 Å². The summed E-state index contributed by atoms with van der Waals surface area (Å²) < 4.78 is 25.9. The molecular formula is C9H5F2NO2. The fourth-order valence-electron chi connectivity index (χ4n) is 0.963. The molecule has 0 saturated heterocycles. The van der Waals surface area contributed by atoms with Crippen molar-refractivity contribution in [1.82, 2.24) is 0 Å². The second-order valence-corrected chi connectivity index (χ2v) is 2.53. The molecule has 0 atom stereocenters. The monoisotopic (exact) mass is 197 g/mol. The molecule has 0 spiro atoms. The van der Waals surface area contributed by atoms with Crippen LogP contribution in [0.2, 0.25) is 0 Å². The molecule has 72 valence electrons. The van der Waals surface area contributed by atoms with Gasteiger partial charge in [-0.3, -0.25) is 10.1 Å². The summed E-state index contributed by atoms with van der Waals surface area (Å²) in [5.74, 6) is 0.178. The molecular weight excluding hydrogens is 192 g/mol. The summed E-state index contributed by atoms with van der Waals surface area (Å²) in [6.07, 6.45) is 4.81. The first-order valence-electron chi connectivity index (χ1n) is 3.62. The van der Waals surface area contributed by atoms with Crippen molar-refractivity contribution in [2.45, 2.75) is 6.42 Å². The Morgan fingerprint density at radius 2 is 2.07 bits per heavy atom. The molecule has 0 fully saturated rings. The first-order valence-corrected chi connectivity index (χ1v) is 3.62. The Morgan fingerprint density at radius 1 is 1.43 bits per heavy atom. The van der Waals surface area contributed by atoms with Crippen molar-refractivity contribution in [2.75, 3.05) is 0 Å². The van der Waals surface area contributed by atoms with E-state index >= 15 is 0 Å². The highest BCUT2D eigenvalue weighted by Crippen LogP contribution is 2.21. The molecule has 0 unspecified atom stereocenters.